The molecule has 2 aromatic rings. The molecule has 0 saturated carbocycles. The molecule has 24 heavy (non-hydrogen) atoms. The third-order valence-electron chi connectivity index (χ3n) is 4.32. The number of hydrogen-bond acceptors (Lipinski definition) is 4. The zero-order valence-corrected chi connectivity index (χ0v) is 15.0. The molecule has 1 aromatic heterocycles. The molecule has 0 N–H and O–H groups in total. The Morgan fingerprint density at radius 1 is 1.21 bits per heavy atom. The maximum atomic E-state index is 12.7. The summed E-state index contributed by atoms with van der Waals surface area (Å²) in [6.45, 7) is 4.50. The molecule has 6 heteroatoms. The highest BCUT2D eigenvalue weighted by molar-refractivity contribution is 7.11. The van der Waals surface area contributed by atoms with Crippen LogP contribution in [-0.4, -0.2) is 46.2 Å². The molecular formula is C18H21N3O2S. The fraction of sp³-hybridized carbons (Fsp3) is 0.389. The van der Waals surface area contributed by atoms with Crippen LogP contribution in [0.25, 0.3) is 0 Å². The van der Waals surface area contributed by atoms with Crippen molar-refractivity contribution < 1.29 is 9.59 Å². The first-order valence-electron chi connectivity index (χ1n) is 7.97. The standard InChI is InChI=1S/C18H21N3O2S/c1-12-16(24-13(2)19-12)10-21-15(9-14-7-5-4-6-8-14)18(23)20(3)11-17(21)22/h4-8,15H,9-11H2,1-3H3/t15-/m1/s1. The summed E-state index contributed by atoms with van der Waals surface area (Å²) in [6.07, 6.45) is 0.534. The number of nitrogens with zero attached hydrogens (tertiary/aromatic N) is 3. The minimum absolute atomic E-state index is 0.00246. The Balaban J connectivity index is 1.88. The molecular weight excluding hydrogens is 322 g/mol. The lowest BCUT2D eigenvalue weighted by molar-refractivity contribution is -0.155. The largest absolute Gasteiger partial charge is 0.335 e. The van der Waals surface area contributed by atoms with Gasteiger partial charge in [-0.1, -0.05) is 30.3 Å². The lowest BCUT2D eigenvalue weighted by Crippen LogP contribution is -2.59. The predicted octanol–water partition coefficient (Wildman–Crippen LogP) is 2.17. The molecule has 2 heterocycles. The summed E-state index contributed by atoms with van der Waals surface area (Å²) in [5.41, 5.74) is 2.00. The third-order valence-corrected chi connectivity index (χ3v) is 5.37. The van der Waals surface area contributed by atoms with Gasteiger partial charge in [0, 0.05) is 18.3 Å². The number of benzene rings is 1. The fourth-order valence-electron chi connectivity index (χ4n) is 3.04. The number of aryl methyl sites for hydroxylation is 2. The van der Waals surface area contributed by atoms with Gasteiger partial charge in [0.1, 0.15) is 6.04 Å². The van der Waals surface area contributed by atoms with Gasteiger partial charge in [-0.3, -0.25) is 9.59 Å². The van der Waals surface area contributed by atoms with E-state index in [4.69, 9.17) is 0 Å². The molecule has 1 saturated heterocycles. The van der Waals surface area contributed by atoms with Crippen LogP contribution in [0.4, 0.5) is 0 Å². The SMILES string of the molecule is Cc1nc(C)c(CN2C(=O)CN(C)C(=O)[C@H]2Cc2ccccc2)s1. The Morgan fingerprint density at radius 3 is 2.54 bits per heavy atom. The average molecular weight is 343 g/mol. The monoisotopic (exact) mass is 343 g/mol. The van der Waals surface area contributed by atoms with E-state index < -0.39 is 6.04 Å². The van der Waals surface area contributed by atoms with Gasteiger partial charge in [-0.2, -0.15) is 0 Å². The minimum Gasteiger partial charge on any atom is -0.335 e. The van der Waals surface area contributed by atoms with Gasteiger partial charge >= 0.3 is 0 Å². The number of piperazine rings is 1. The molecule has 0 unspecified atom stereocenters. The van der Waals surface area contributed by atoms with Crippen molar-refractivity contribution in [2.45, 2.75) is 32.9 Å². The van der Waals surface area contributed by atoms with Crippen LogP contribution < -0.4 is 0 Å². The Labute approximate surface area is 145 Å². The molecule has 0 radical (unpaired) electrons. The van der Waals surface area contributed by atoms with E-state index in [1.165, 1.54) is 4.90 Å². The van der Waals surface area contributed by atoms with Crippen molar-refractivity contribution in [1.82, 2.24) is 14.8 Å². The molecule has 3 rings (SSSR count). The van der Waals surface area contributed by atoms with Crippen molar-refractivity contribution in [3.8, 4) is 0 Å². The van der Waals surface area contributed by atoms with Gasteiger partial charge < -0.3 is 9.80 Å². The molecule has 1 fully saturated rings. The maximum absolute atomic E-state index is 12.7. The zero-order valence-electron chi connectivity index (χ0n) is 14.2. The second-order valence-electron chi connectivity index (χ2n) is 6.16. The molecule has 126 valence electrons. The van der Waals surface area contributed by atoms with E-state index in [1.807, 2.05) is 44.2 Å². The second kappa shape index (κ2) is 6.73. The normalized spacial score (nSPS) is 18.4. The van der Waals surface area contributed by atoms with Gasteiger partial charge in [0.2, 0.25) is 11.8 Å². The van der Waals surface area contributed by atoms with Crippen LogP contribution in [0.3, 0.4) is 0 Å². The van der Waals surface area contributed by atoms with Gasteiger partial charge in [0.15, 0.2) is 0 Å². The van der Waals surface area contributed by atoms with Crippen LogP contribution in [0.1, 0.15) is 21.1 Å². The fourth-order valence-corrected chi connectivity index (χ4v) is 3.98. The highest BCUT2D eigenvalue weighted by Gasteiger charge is 2.38. The van der Waals surface area contributed by atoms with E-state index in [2.05, 4.69) is 4.98 Å². The van der Waals surface area contributed by atoms with Gasteiger partial charge in [-0.15, -0.1) is 11.3 Å². The Kier molecular flexibility index (Phi) is 4.66. The van der Waals surface area contributed by atoms with E-state index in [0.29, 0.717) is 13.0 Å². The van der Waals surface area contributed by atoms with Crippen LogP contribution in [0.15, 0.2) is 30.3 Å². The topological polar surface area (TPSA) is 53.5 Å². The molecule has 0 bridgehead atoms. The first kappa shape index (κ1) is 16.6. The highest BCUT2D eigenvalue weighted by atomic mass is 32.1. The first-order valence-corrected chi connectivity index (χ1v) is 8.78. The Bertz CT molecular complexity index is 757. The Morgan fingerprint density at radius 2 is 1.92 bits per heavy atom. The van der Waals surface area contributed by atoms with Gasteiger partial charge in [0.05, 0.1) is 23.8 Å². The minimum atomic E-state index is -0.458. The number of hydrogen-bond donors (Lipinski definition) is 0. The summed E-state index contributed by atoms with van der Waals surface area (Å²) in [5.74, 6) is -0.0131. The lowest BCUT2D eigenvalue weighted by atomic mass is 10.0. The smallest absolute Gasteiger partial charge is 0.245 e. The van der Waals surface area contributed by atoms with Crippen LogP contribution >= 0.6 is 11.3 Å². The van der Waals surface area contributed by atoms with Crippen molar-refractivity contribution >= 4 is 23.2 Å². The lowest BCUT2D eigenvalue weighted by Gasteiger charge is -2.38. The summed E-state index contributed by atoms with van der Waals surface area (Å²) in [6, 6.07) is 9.38. The second-order valence-corrected chi connectivity index (χ2v) is 7.45. The highest BCUT2D eigenvalue weighted by Crippen LogP contribution is 2.24. The molecule has 1 aliphatic heterocycles. The molecule has 0 aliphatic carbocycles. The van der Waals surface area contributed by atoms with Gasteiger partial charge in [-0.25, -0.2) is 4.98 Å². The van der Waals surface area contributed by atoms with Crippen molar-refractivity contribution in [1.29, 1.82) is 0 Å². The average Bonchev–Trinajstić information content (AvgIpc) is 2.87. The van der Waals surface area contributed by atoms with Crippen LogP contribution in [0.5, 0.6) is 0 Å². The molecule has 2 amide bonds. The number of rotatable bonds is 4. The molecule has 1 atom stereocenters. The number of amides is 2. The molecule has 0 spiro atoms. The van der Waals surface area contributed by atoms with Crippen LogP contribution in [-0.2, 0) is 22.6 Å². The van der Waals surface area contributed by atoms with Crippen molar-refractivity contribution in [2.75, 3.05) is 13.6 Å². The molecule has 1 aromatic carbocycles. The van der Waals surface area contributed by atoms with Gasteiger partial charge in [0.25, 0.3) is 0 Å². The van der Waals surface area contributed by atoms with Gasteiger partial charge in [-0.05, 0) is 19.4 Å². The first-order chi connectivity index (χ1) is 11.5. The summed E-state index contributed by atoms with van der Waals surface area (Å²) in [5, 5.41) is 0.981. The van der Waals surface area contributed by atoms with E-state index in [-0.39, 0.29) is 18.4 Å². The Hall–Kier alpha value is -2.21. The van der Waals surface area contributed by atoms with Crippen molar-refractivity contribution in [3.63, 3.8) is 0 Å². The van der Waals surface area contributed by atoms with Crippen LogP contribution in [0, 0.1) is 13.8 Å². The molecule has 1 aliphatic rings. The number of aromatic nitrogens is 1. The summed E-state index contributed by atoms with van der Waals surface area (Å²) >= 11 is 1.59. The van der Waals surface area contributed by atoms with E-state index in [1.54, 1.807) is 23.3 Å². The van der Waals surface area contributed by atoms with E-state index in [9.17, 15) is 9.59 Å². The van der Waals surface area contributed by atoms with Crippen molar-refractivity contribution in [3.05, 3.63) is 51.5 Å². The van der Waals surface area contributed by atoms with Crippen LogP contribution in [0.2, 0.25) is 0 Å². The quantitative estimate of drug-likeness (QED) is 0.855. The summed E-state index contributed by atoms with van der Waals surface area (Å²) < 4.78 is 0. The summed E-state index contributed by atoms with van der Waals surface area (Å²) in [7, 11) is 1.69. The number of carbonyl (C=O) groups excluding carboxylic acids is 2. The number of carbonyl (C=O) groups is 2. The zero-order chi connectivity index (χ0) is 17.3. The number of thiazole rings is 1. The maximum Gasteiger partial charge on any atom is 0.245 e. The van der Waals surface area contributed by atoms with E-state index in [0.717, 1.165) is 21.1 Å². The van der Waals surface area contributed by atoms with E-state index >= 15 is 0 Å². The molecule has 5 nitrogen and oxygen atoms in total. The predicted molar refractivity (Wildman–Crippen MR) is 93.7 cm³/mol. The number of likely N-dealkylation sites (N-methyl/N-ethyl adjacent to an activating group) is 1. The summed E-state index contributed by atoms with van der Waals surface area (Å²) in [4.78, 5) is 34.0. The third kappa shape index (κ3) is 3.33. The van der Waals surface area contributed by atoms with Crippen molar-refractivity contribution in [2.24, 2.45) is 0 Å².